The molecule has 0 saturated heterocycles. The molecule has 0 atom stereocenters. The maximum atomic E-state index is 5.68. The Labute approximate surface area is 100 Å². The Morgan fingerprint density at radius 3 is 2.53 bits per heavy atom. The van der Waals surface area contributed by atoms with Crippen molar-refractivity contribution in [3.8, 4) is 11.6 Å². The fraction of sp³-hybridized carbons (Fsp3) is 0.154. The SMILES string of the molecule is COc1ccc(OCc2ccccc2)nc1N. The Hall–Kier alpha value is -2.23. The van der Waals surface area contributed by atoms with Gasteiger partial charge in [0.05, 0.1) is 7.11 Å². The van der Waals surface area contributed by atoms with Crippen LogP contribution in [0.4, 0.5) is 5.82 Å². The van der Waals surface area contributed by atoms with Crippen LogP contribution in [-0.2, 0) is 6.61 Å². The van der Waals surface area contributed by atoms with Gasteiger partial charge in [-0.1, -0.05) is 30.3 Å². The average Bonchev–Trinajstić information content (AvgIpc) is 2.38. The zero-order valence-electron chi connectivity index (χ0n) is 9.59. The topological polar surface area (TPSA) is 57.4 Å². The second-order valence-corrected chi connectivity index (χ2v) is 3.51. The monoisotopic (exact) mass is 230 g/mol. The van der Waals surface area contributed by atoms with Crippen LogP contribution in [0.25, 0.3) is 0 Å². The van der Waals surface area contributed by atoms with E-state index < -0.39 is 0 Å². The number of nitrogens with two attached hydrogens (primary N) is 1. The number of hydrogen-bond acceptors (Lipinski definition) is 4. The maximum Gasteiger partial charge on any atom is 0.215 e. The first kappa shape index (κ1) is 11.3. The van der Waals surface area contributed by atoms with E-state index in [0.717, 1.165) is 5.56 Å². The molecule has 0 aliphatic heterocycles. The molecule has 0 aliphatic carbocycles. The van der Waals surface area contributed by atoms with E-state index in [1.807, 2.05) is 30.3 Å². The van der Waals surface area contributed by atoms with Crippen LogP contribution < -0.4 is 15.2 Å². The van der Waals surface area contributed by atoms with Crippen molar-refractivity contribution in [1.82, 2.24) is 4.98 Å². The predicted molar refractivity (Wildman–Crippen MR) is 66.0 cm³/mol. The van der Waals surface area contributed by atoms with E-state index in [0.29, 0.717) is 24.1 Å². The van der Waals surface area contributed by atoms with Gasteiger partial charge in [-0.2, -0.15) is 4.98 Å². The summed E-state index contributed by atoms with van der Waals surface area (Å²) in [6.45, 7) is 0.472. The summed E-state index contributed by atoms with van der Waals surface area (Å²) in [7, 11) is 1.55. The molecule has 0 spiro atoms. The van der Waals surface area contributed by atoms with E-state index in [9.17, 15) is 0 Å². The number of pyridine rings is 1. The molecule has 88 valence electrons. The minimum atomic E-state index is 0.332. The summed E-state index contributed by atoms with van der Waals surface area (Å²) in [6.07, 6.45) is 0. The Balaban J connectivity index is 2.02. The summed E-state index contributed by atoms with van der Waals surface area (Å²) in [5, 5.41) is 0. The fourth-order valence-corrected chi connectivity index (χ4v) is 1.43. The van der Waals surface area contributed by atoms with E-state index in [2.05, 4.69) is 4.98 Å². The number of anilines is 1. The molecule has 2 rings (SSSR count). The summed E-state index contributed by atoms with van der Waals surface area (Å²) in [5.41, 5.74) is 6.77. The van der Waals surface area contributed by atoms with Crippen molar-refractivity contribution in [2.75, 3.05) is 12.8 Å². The molecule has 1 aromatic carbocycles. The van der Waals surface area contributed by atoms with Gasteiger partial charge in [-0.15, -0.1) is 0 Å². The van der Waals surface area contributed by atoms with Gasteiger partial charge in [0.1, 0.15) is 6.61 Å². The van der Waals surface area contributed by atoms with Crippen molar-refractivity contribution < 1.29 is 9.47 Å². The molecular weight excluding hydrogens is 216 g/mol. The zero-order chi connectivity index (χ0) is 12.1. The van der Waals surface area contributed by atoms with Crippen molar-refractivity contribution in [1.29, 1.82) is 0 Å². The zero-order valence-corrected chi connectivity index (χ0v) is 9.59. The molecule has 2 aromatic rings. The van der Waals surface area contributed by atoms with Gasteiger partial charge in [0.15, 0.2) is 11.6 Å². The van der Waals surface area contributed by atoms with Crippen molar-refractivity contribution in [2.24, 2.45) is 0 Å². The van der Waals surface area contributed by atoms with Crippen molar-refractivity contribution in [3.05, 3.63) is 48.0 Å². The number of aromatic nitrogens is 1. The Kier molecular flexibility index (Phi) is 3.45. The average molecular weight is 230 g/mol. The summed E-state index contributed by atoms with van der Waals surface area (Å²) >= 11 is 0. The number of nitrogen functional groups attached to an aromatic ring is 1. The van der Waals surface area contributed by atoms with Crippen LogP contribution in [0.1, 0.15) is 5.56 Å². The highest BCUT2D eigenvalue weighted by Crippen LogP contribution is 2.22. The minimum Gasteiger partial charge on any atom is -0.493 e. The number of rotatable bonds is 4. The van der Waals surface area contributed by atoms with E-state index in [1.54, 1.807) is 19.2 Å². The van der Waals surface area contributed by atoms with E-state index in [4.69, 9.17) is 15.2 Å². The first-order valence-corrected chi connectivity index (χ1v) is 5.27. The van der Waals surface area contributed by atoms with Crippen LogP contribution in [0.5, 0.6) is 11.6 Å². The van der Waals surface area contributed by atoms with Gasteiger partial charge < -0.3 is 15.2 Å². The molecule has 0 radical (unpaired) electrons. The fourth-order valence-electron chi connectivity index (χ4n) is 1.43. The van der Waals surface area contributed by atoms with Gasteiger partial charge in [-0.3, -0.25) is 0 Å². The maximum absolute atomic E-state index is 5.68. The lowest BCUT2D eigenvalue weighted by Crippen LogP contribution is -2.00. The Morgan fingerprint density at radius 2 is 1.88 bits per heavy atom. The van der Waals surface area contributed by atoms with Gasteiger partial charge in [0.25, 0.3) is 0 Å². The normalized spacial score (nSPS) is 9.94. The molecule has 4 nitrogen and oxygen atoms in total. The van der Waals surface area contributed by atoms with Crippen molar-refractivity contribution in [2.45, 2.75) is 6.61 Å². The smallest absolute Gasteiger partial charge is 0.215 e. The molecule has 1 heterocycles. The largest absolute Gasteiger partial charge is 0.493 e. The summed E-state index contributed by atoms with van der Waals surface area (Å²) in [6, 6.07) is 13.4. The van der Waals surface area contributed by atoms with Crippen LogP contribution in [-0.4, -0.2) is 12.1 Å². The van der Waals surface area contributed by atoms with Crippen LogP contribution in [0.15, 0.2) is 42.5 Å². The summed E-state index contributed by atoms with van der Waals surface area (Å²) in [5.74, 6) is 1.38. The second kappa shape index (κ2) is 5.21. The predicted octanol–water partition coefficient (Wildman–Crippen LogP) is 2.25. The number of methoxy groups -OCH3 is 1. The van der Waals surface area contributed by atoms with Crippen LogP contribution in [0.3, 0.4) is 0 Å². The van der Waals surface area contributed by atoms with Gasteiger partial charge in [0.2, 0.25) is 5.88 Å². The van der Waals surface area contributed by atoms with Gasteiger partial charge in [0, 0.05) is 6.07 Å². The minimum absolute atomic E-state index is 0.332. The first-order chi connectivity index (χ1) is 8.29. The van der Waals surface area contributed by atoms with Gasteiger partial charge in [-0.05, 0) is 11.6 Å². The lowest BCUT2D eigenvalue weighted by Gasteiger charge is -2.08. The Morgan fingerprint density at radius 1 is 1.12 bits per heavy atom. The van der Waals surface area contributed by atoms with E-state index in [1.165, 1.54) is 0 Å². The first-order valence-electron chi connectivity index (χ1n) is 5.27. The number of benzene rings is 1. The van der Waals surface area contributed by atoms with E-state index in [-0.39, 0.29) is 0 Å². The second-order valence-electron chi connectivity index (χ2n) is 3.51. The molecule has 4 heteroatoms. The number of ether oxygens (including phenoxy) is 2. The van der Waals surface area contributed by atoms with Crippen LogP contribution in [0.2, 0.25) is 0 Å². The molecule has 1 aromatic heterocycles. The molecule has 2 N–H and O–H groups in total. The van der Waals surface area contributed by atoms with Crippen LogP contribution in [0, 0.1) is 0 Å². The lowest BCUT2D eigenvalue weighted by molar-refractivity contribution is 0.293. The summed E-state index contributed by atoms with van der Waals surface area (Å²) in [4.78, 5) is 4.09. The Bertz CT molecular complexity index is 486. The van der Waals surface area contributed by atoms with E-state index >= 15 is 0 Å². The van der Waals surface area contributed by atoms with Crippen LogP contribution >= 0.6 is 0 Å². The molecule has 0 saturated carbocycles. The third kappa shape index (κ3) is 2.87. The highest BCUT2D eigenvalue weighted by Gasteiger charge is 2.03. The third-order valence-electron chi connectivity index (χ3n) is 2.31. The molecule has 0 aliphatic rings. The molecule has 0 bridgehead atoms. The molecule has 0 amide bonds. The number of hydrogen-bond donors (Lipinski definition) is 1. The third-order valence-corrected chi connectivity index (χ3v) is 2.31. The highest BCUT2D eigenvalue weighted by molar-refractivity contribution is 5.47. The standard InChI is InChI=1S/C13H14N2O2/c1-16-11-7-8-12(15-13(11)14)17-9-10-5-3-2-4-6-10/h2-8H,9H2,1H3,(H2,14,15). The van der Waals surface area contributed by atoms with Crippen molar-refractivity contribution in [3.63, 3.8) is 0 Å². The molecular formula is C13H14N2O2. The molecule has 0 fully saturated rings. The van der Waals surface area contributed by atoms with Gasteiger partial charge in [-0.25, -0.2) is 0 Å². The lowest BCUT2D eigenvalue weighted by atomic mass is 10.2. The quantitative estimate of drug-likeness (QED) is 0.875. The molecule has 0 unspecified atom stereocenters. The number of nitrogens with zero attached hydrogens (tertiary/aromatic N) is 1. The highest BCUT2D eigenvalue weighted by atomic mass is 16.5. The van der Waals surface area contributed by atoms with Crippen molar-refractivity contribution >= 4 is 5.82 Å². The van der Waals surface area contributed by atoms with Gasteiger partial charge >= 0.3 is 0 Å². The summed E-state index contributed by atoms with van der Waals surface area (Å²) < 4.78 is 10.5. The molecule has 17 heavy (non-hydrogen) atoms.